The number of nitrogens with two attached hydrogens (primary N) is 1. The molecule has 0 fully saturated rings. The minimum absolute atomic E-state index is 0.200. The van der Waals surface area contributed by atoms with E-state index in [1.165, 1.54) is 6.92 Å². The highest BCUT2D eigenvalue weighted by Crippen LogP contribution is 1.99. The molecule has 0 heterocycles. The molecule has 0 bridgehead atoms. The van der Waals surface area contributed by atoms with Crippen LogP contribution in [-0.4, -0.2) is 63.2 Å². The molecule has 23 heavy (non-hydrogen) atoms. The van der Waals surface area contributed by atoms with E-state index in [1.54, 1.807) is 0 Å². The molecule has 0 aromatic heterocycles. The average Bonchev–Trinajstić information content (AvgIpc) is 2.42. The fourth-order valence-corrected chi connectivity index (χ4v) is 1.45. The SMILES string of the molecule is CC(NC(=O)C(CC(=O)O)NC(=O)C(N)CCC(=O)O)C(=O)O. The highest BCUT2D eigenvalue weighted by molar-refractivity contribution is 5.93. The Morgan fingerprint density at radius 3 is 1.96 bits per heavy atom. The molecule has 0 saturated heterocycles. The summed E-state index contributed by atoms with van der Waals surface area (Å²) in [5, 5.41) is 30.0. The van der Waals surface area contributed by atoms with Gasteiger partial charge in [-0.3, -0.25) is 24.0 Å². The first kappa shape index (κ1) is 20.3. The van der Waals surface area contributed by atoms with E-state index in [0.29, 0.717) is 0 Å². The van der Waals surface area contributed by atoms with Gasteiger partial charge >= 0.3 is 17.9 Å². The topological polar surface area (TPSA) is 196 Å². The molecule has 0 aromatic rings. The molecule has 0 saturated carbocycles. The van der Waals surface area contributed by atoms with Crippen molar-refractivity contribution in [1.29, 1.82) is 0 Å². The van der Waals surface area contributed by atoms with Crippen molar-refractivity contribution in [1.82, 2.24) is 10.6 Å². The summed E-state index contributed by atoms with van der Waals surface area (Å²) >= 11 is 0. The summed E-state index contributed by atoms with van der Waals surface area (Å²) in [5.74, 6) is -5.80. The maximum absolute atomic E-state index is 11.8. The fraction of sp³-hybridized carbons (Fsp3) is 0.583. The molecule has 0 aliphatic rings. The molecule has 0 radical (unpaired) electrons. The Morgan fingerprint density at radius 2 is 1.52 bits per heavy atom. The first-order valence-corrected chi connectivity index (χ1v) is 6.57. The molecule has 2 amide bonds. The van der Waals surface area contributed by atoms with Crippen molar-refractivity contribution in [3.8, 4) is 0 Å². The van der Waals surface area contributed by atoms with Crippen molar-refractivity contribution in [3.05, 3.63) is 0 Å². The van der Waals surface area contributed by atoms with Gasteiger partial charge in [-0.25, -0.2) is 0 Å². The Balaban J connectivity index is 4.80. The van der Waals surface area contributed by atoms with E-state index < -0.39 is 54.3 Å². The number of carboxylic acid groups (broad SMARTS) is 3. The first-order chi connectivity index (χ1) is 10.5. The van der Waals surface area contributed by atoms with Gasteiger partial charge < -0.3 is 31.7 Å². The third-order valence-electron chi connectivity index (χ3n) is 2.75. The van der Waals surface area contributed by atoms with E-state index in [4.69, 9.17) is 21.1 Å². The number of hydrogen-bond acceptors (Lipinski definition) is 6. The quantitative estimate of drug-likeness (QED) is 0.255. The number of amides is 2. The summed E-state index contributed by atoms with van der Waals surface area (Å²) in [7, 11) is 0. The zero-order valence-corrected chi connectivity index (χ0v) is 12.3. The second-order valence-electron chi connectivity index (χ2n) is 4.77. The number of carbonyl (C=O) groups excluding carboxylic acids is 2. The van der Waals surface area contributed by atoms with Crippen LogP contribution in [-0.2, 0) is 24.0 Å². The maximum atomic E-state index is 11.8. The Hall–Kier alpha value is -2.69. The van der Waals surface area contributed by atoms with Gasteiger partial charge in [0.1, 0.15) is 12.1 Å². The van der Waals surface area contributed by atoms with Crippen molar-refractivity contribution in [2.75, 3.05) is 0 Å². The summed E-state index contributed by atoms with van der Waals surface area (Å²) in [6.45, 7) is 1.17. The largest absolute Gasteiger partial charge is 0.481 e. The van der Waals surface area contributed by atoms with Crippen molar-refractivity contribution < 1.29 is 39.3 Å². The molecule has 11 nitrogen and oxygen atoms in total. The summed E-state index contributed by atoms with van der Waals surface area (Å²) in [4.78, 5) is 55.4. The second kappa shape index (κ2) is 9.35. The molecular weight excluding hydrogens is 314 g/mol. The summed E-state index contributed by atoms with van der Waals surface area (Å²) in [6.07, 6.45) is -1.36. The predicted octanol–water partition coefficient (Wildman–Crippen LogP) is -2.27. The minimum atomic E-state index is -1.53. The van der Waals surface area contributed by atoms with Crippen LogP contribution in [0.1, 0.15) is 26.2 Å². The van der Waals surface area contributed by atoms with Crippen molar-refractivity contribution in [3.63, 3.8) is 0 Å². The van der Waals surface area contributed by atoms with Crippen LogP contribution in [0.2, 0.25) is 0 Å². The fourth-order valence-electron chi connectivity index (χ4n) is 1.45. The van der Waals surface area contributed by atoms with Crippen LogP contribution in [0.15, 0.2) is 0 Å². The van der Waals surface area contributed by atoms with E-state index in [1.807, 2.05) is 5.32 Å². The van der Waals surface area contributed by atoms with Gasteiger partial charge in [0.25, 0.3) is 0 Å². The van der Waals surface area contributed by atoms with Crippen molar-refractivity contribution in [2.24, 2.45) is 5.73 Å². The Kier molecular flexibility index (Phi) is 8.26. The highest BCUT2D eigenvalue weighted by atomic mass is 16.4. The summed E-state index contributed by atoms with van der Waals surface area (Å²) in [5.41, 5.74) is 5.45. The third-order valence-corrected chi connectivity index (χ3v) is 2.75. The summed E-state index contributed by atoms with van der Waals surface area (Å²) < 4.78 is 0. The lowest BCUT2D eigenvalue weighted by molar-refractivity contribution is -0.143. The van der Waals surface area contributed by atoms with Gasteiger partial charge in [-0.15, -0.1) is 0 Å². The van der Waals surface area contributed by atoms with E-state index in [-0.39, 0.29) is 12.8 Å². The Bertz CT molecular complexity index is 493. The number of carbonyl (C=O) groups is 5. The van der Waals surface area contributed by atoms with E-state index >= 15 is 0 Å². The van der Waals surface area contributed by atoms with Gasteiger partial charge in [0, 0.05) is 6.42 Å². The smallest absolute Gasteiger partial charge is 0.325 e. The van der Waals surface area contributed by atoms with Crippen LogP contribution in [0.25, 0.3) is 0 Å². The lowest BCUT2D eigenvalue weighted by atomic mass is 10.1. The van der Waals surface area contributed by atoms with E-state index in [9.17, 15) is 24.0 Å². The van der Waals surface area contributed by atoms with Gasteiger partial charge in [-0.05, 0) is 13.3 Å². The number of nitrogens with one attached hydrogen (secondary N) is 2. The standard InChI is InChI=1S/C12H19N3O8/c1-5(12(22)23)14-11(21)7(4-9(18)19)15-10(20)6(13)2-3-8(16)17/h5-7H,2-4,13H2,1H3,(H,14,21)(H,15,20)(H,16,17)(H,18,19)(H,22,23). The van der Waals surface area contributed by atoms with E-state index in [0.717, 1.165) is 0 Å². The molecule has 0 aliphatic carbocycles. The van der Waals surface area contributed by atoms with Crippen LogP contribution in [0, 0.1) is 0 Å². The van der Waals surface area contributed by atoms with Gasteiger partial charge in [-0.2, -0.15) is 0 Å². The molecule has 0 aliphatic heterocycles. The molecule has 7 N–H and O–H groups in total. The number of carboxylic acids is 3. The molecular formula is C12H19N3O8. The molecule has 0 aromatic carbocycles. The number of aliphatic carboxylic acids is 3. The molecule has 3 atom stereocenters. The van der Waals surface area contributed by atoms with Gasteiger partial charge in [-0.1, -0.05) is 0 Å². The Labute approximate surface area is 130 Å². The van der Waals surface area contributed by atoms with Gasteiger partial charge in [0.2, 0.25) is 11.8 Å². The third kappa shape index (κ3) is 8.36. The number of hydrogen-bond donors (Lipinski definition) is 6. The van der Waals surface area contributed by atoms with Crippen LogP contribution in [0.5, 0.6) is 0 Å². The molecule has 0 spiro atoms. The maximum Gasteiger partial charge on any atom is 0.325 e. The van der Waals surface area contributed by atoms with Crippen molar-refractivity contribution in [2.45, 2.75) is 44.3 Å². The van der Waals surface area contributed by atoms with Gasteiger partial charge in [0.05, 0.1) is 12.5 Å². The zero-order valence-electron chi connectivity index (χ0n) is 12.3. The van der Waals surface area contributed by atoms with Crippen LogP contribution in [0.3, 0.4) is 0 Å². The predicted molar refractivity (Wildman–Crippen MR) is 74.3 cm³/mol. The van der Waals surface area contributed by atoms with Crippen molar-refractivity contribution >= 4 is 29.7 Å². The monoisotopic (exact) mass is 333 g/mol. The molecule has 130 valence electrons. The highest BCUT2D eigenvalue weighted by Gasteiger charge is 2.28. The molecule has 3 unspecified atom stereocenters. The lowest BCUT2D eigenvalue weighted by Crippen LogP contribution is -2.54. The van der Waals surface area contributed by atoms with Crippen LogP contribution < -0.4 is 16.4 Å². The normalized spacial score (nSPS) is 14.2. The average molecular weight is 333 g/mol. The second-order valence-corrected chi connectivity index (χ2v) is 4.77. The lowest BCUT2D eigenvalue weighted by Gasteiger charge is -2.20. The molecule has 11 heteroatoms. The molecule has 0 rings (SSSR count). The summed E-state index contributed by atoms with van der Waals surface area (Å²) in [6, 6.07) is -4.05. The Morgan fingerprint density at radius 1 is 0.957 bits per heavy atom. The zero-order chi connectivity index (χ0) is 18.2. The van der Waals surface area contributed by atoms with Gasteiger partial charge in [0.15, 0.2) is 0 Å². The first-order valence-electron chi connectivity index (χ1n) is 6.57. The van der Waals surface area contributed by atoms with E-state index in [2.05, 4.69) is 5.32 Å². The van der Waals surface area contributed by atoms with Crippen LogP contribution >= 0.6 is 0 Å². The number of rotatable bonds is 10. The van der Waals surface area contributed by atoms with Crippen LogP contribution in [0.4, 0.5) is 0 Å². The minimum Gasteiger partial charge on any atom is -0.481 e.